The summed E-state index contributed by atoms with van der Waals surface area (Å²) in [7, 11) is 0. The molecule has 0 saturated carbocycles. The topological polar surface area (TPSA) is 61.9 Å². The Morgan fingerprint density at radius 3 is 2.54 bits per heavy atom. The Morgan fingerprint density at radius 2 is 1.89 bits per heavy atom. The van der Waals surface area contributed by atoms with Crippen LogP contribution in [0.3, 0.4) is 0 Å². The minimum Gasteiger partial charge on any atom is -0.447 e. The molecule has 2 saturated heterocycles. The molecule has 1 aromatic carbocycles. The van der Waals surface area contributed by atoms with Crippen molar-refractivity contribution in [1.82, 2.24) is 9.80 Å². The number of nitrogens with one attached hydrogen (secondary N) is 1. The Labute approximate surface area is 161 Å². The average molecular weight is 399 g/mol. The van der Waals surface area contributed by atoms with Gasteiger partial charge in [0.1, 0.15) is 6.61 Å². The molecule has 1 atom stereocenters. The van der Waals surface area contributed by atoms with Crippen LogP contribution in [-0.2, 0) is 4.74 Å². The van der Waals surface area contributed by atoms with Gasteiger partial charge in [0.2, 0.25) is 0 Å². The fraction of sp³-hybridized carbons (Fsp3) is 0.579. The van der Waals surface area contributed by atoms with E-state index in [1.165, 1.54) is 4.90 Å². The first-order valence-corrected chi connectivity index (χ1v) is 9.42. The molecule has 0 bridgehead atoms. The van der Waals surface area contributed by atoms with E-state index < -0.39 is 29.2 Å². The number of halogens is 3. The Hall–Kier alpha value is -2.45. The maximum Gasteiger partial charge on any atom is 0.410 e. The van der Waals surface area contributed by atoms with Gasteiger partial charge in [-0.3, -0.25) is 4.90 Å². The number of hydrogen-bond acceptors (Lipinski definition) is 3. The highest BCUT2D eigenvalue weighted by atomic mass is 19.2. The van der Waals surface area contributed by atoms with Crippen molar-refractivity contribution < 1.29 is 27.5 Å². The molecule has 154 valence electrons. The standard InChI is InChI=1S/C19H24F3N3O3/c1-11(2)9-13-10-28-19(27)25(13)12-5-7-24(8-6-12)18(26)23-15-4-3-14(20)16(21)17(15)22/h3-4,11-13H,5-10H2,1-2H3,(H,23,26). The molecule has 0 spiro atoms. The second-order valence-corrected chi connectivity index (χ2v) is 7.64. The van der Waals surface area contributed by atoms with Crippen LogP contribution in [0.4, 0.5) is 28.4 Å². The Balaban J connectivity index is 1.58. The highest BCUT2D eigenvalue weighted by Gasteiger charge is 2.40. The average Bonchev–Trinajstić information content (AvgIpc) is 3.01. The van der Waals surface area contributed by atoms with E-state index in [0.717, 1.165) is 18.6 Å². The minimum absolute atomic E-state index is 0.0252. The molecule has 28 heavy (non-hydrogen) atoms. The molecular weight excluding hydrogens is 375 g/mol. The number of carbonyl (C=O) groups excluding carboxylic acids is 2. The molecule has 1 unspecified atom stereocenters. The zero-order valence-corrected chi connectivity index (χ0v) is 15.9. The van der Waals surface area contributed by atoms with Gasteiger partial charge in [-0.15, -0.1) is 0 Å². The van der Waals surface area contributed by atoms with Gasteiger partial charge in [0.25, 0.3) is 0 Å². The zero-order valence-electron chi connectivity index (χ0n) is 15.9. The lowest BCUT2D eigenvalue weighted by molar-refractivity contribution is 0.112. The highest BCUT2D eigenvalue weighted by molar-refractivity contribution is 5.89. The Morgan fingerprint density at radius 1 is 1.21 bits per heavy atom. The largest absolute Gasteiger partial charge is 0.447 e. The fourth-order valence-electron chi connectivity index (χ4n) is 3.81. The number of ether oxygens (including phenoxy) is 1. The third-order valence-corrected chi connectivity index (χ3v) is 5.17. The summed E-state index contributed by atoms with van der Waals surface area (Å²) in [5, 5.41) is 2.28. The molecule has 0 aliphatic carbocycles. The van der Waals surface area contributed by atoms with Crippen molar-refractivity contribution in [1.29, 1.82) is 0 Å². The predicted molar refractivity (Wildman–Crippen MR) is 96.4 cm³/mol. The molecule has 1 aromatic rings. The van der Waals surface area contributed by atoms with Gasteiger partial charge in [0, 0.05) is 19.1 Å². The van der Waals surface area contributed by atoms with Crippen LogP contribution in [0, 0.1) is 23.4 Å². The van der Waals surface area contributed by atoms with E-state index in [1.54, 1.807) is 4.90 Å². The first-order valence-electron chi connectivity index (χ1n) is 9.42. The van der Waals surface area contributed by atoms with Crippen LogP contribution in [0.2, 0.25) is 0 Å². The second-order valence-electron chi connectivity index (χ2n) is 7.64. The number of carbonyl (C=O) groups is 2. The van der Waals surface area contributed by atoms with Gasteiger partial charge in [-0.25, -0.2) is 22.8 Å². The van der Waals surface area contributed by atoms with Gasteiger partial charge < -0.3 is 15.0 Å². The predicted octanol–water partition coefficient (Wildman–Crippen LogP) is 3.97. The summed E-state index contributed by atoms with van der Waals surface area (Å²) in [4.78, 5) is 27.7. The monoisotopic (exact) mass is 399 g/mol. The number of rotatable bonds is 4. The molecule has 2 fully saturated rings. The molecule has 2 aliphatic rings. The van der Waals surface area contributed by atoms with Crippen LogP contribution < -0.4 is 5.32 Å². The number of urea groups is 1. The molecule has 2 aliphatic heterocycles. The summed E-state index contributed by atoms with van der Waals surface area (Å²) in [6, 6.07) is 1.16. The number of benzene rings is 1. The quantitative estimate of drug-likeness (QED) is 0.780. The van der Waals surface area contributed by atoms with Gasteiger partial charge in [-0.2, -0.15) is 0 Å². The van der Waals surface area contributed by atoms with E-state index in [1.807, 2.05) is 0 Å². The molecular formula is C19H24F3N3O3. The lowest BCUT2D eigenvalue weighted by Gasteiger charge is -2.38. The maximum atomic E-state index is 13.7. The summed E-state index contributed by atoms with van der Waals surface area (Å²) in [5.41, 5.74) is -0.411. The first kappa shape index (κ1) is 20.3. The highest BCUT2D eigenvalue weighted by Crippen LogP contribution is 2.28. The van der Waals surface area contributed by atoms with Gasteiger partial charge in [0.15, 0.2) is 17.5 Å². The first-order chi connectivity index (χ1) is 13.3. The molecule has 3 rings (SSSR count). The third kappa shape index (κ3) is 4.18. The number of cyclic esters (lactones) is 1. The number of nitrogens with zero attached hydrogens (tertiary/aromatic N) is 2. The van der Waals surface area contributed by atoms with Crippen molar-refractivity contribution in [2.45, 2.75) is 45.2 Å². The number of anilines is 1. The molecule has 3 amide bonds. The van der Waals surface area contributed by atoms with E-state index in [2.05, 4.69) is 19.2 Å². The third-order valence-electron chi connectivity index (χ3n) is 5.17. The SMILES string of the molecule is CC(C)CC1COC(=O)N1C1CCN(C(=O)Nc2ccc(F)c(F)c2F)CC1. The van der Waals surface area contributed by atoms with Gasteiger partial charge in [-0.1, -0.05) is 13.8 Å². The molecule has 0 radical (unpaired) electrons. The van der Waals surface area contributed by atoms with E-state index in [-0.39, 0.29) is 18.2 Å². The van der Waals surface area contributed by atoms with Gasteiger partial charge in [0.05, 0.1) is 11.7 Å². The van der Waals surface area contributed by atoms with Crippen molar-refractivity contribution >= 4 is 17.8 Å². The van der Waals surface area contributed by atoms with E-state index in [4.69, 9.17) is 4.74 Å². The van der Waals surface area contributed by atoms with Crippen molar-refractivity contribution in [2.24, 2.45) is 5.92 Å². The van der Waals surface area contributed by atoms with Crippen LogP contribution in [0.5, 0.6) is 0 Å². The second kappa shape index (κ2) is 8.28. The molecule has 1 N–H and O–H groups in total. The zero-order chi connectivity index (χ0) is 20.4. The van der Waals surface area contributed by atoms with E-state index in [0.29, 0.717) is 38.5 Å². The van der Waals surface area contributed by atoms with Crippen molar-refractivity contribution in [3.63, 3.8) is 0 Å². The summed E-state index contributed by atoms with van der Waals surface area (Å²) >= 11 is 0. The fourth-order valence-corrected chi connectivity index (χ4v) is 3.81. The summed E-state index contributed by atoms with van der Waals surface area (Å²) in [5.74, 6) is -3.94. The lowest BCUT2D eigenvalue weighted by atomic mass is 9.98. The maximum absolute atomic E-state index is 13.7. The Kier molecular flexibility index (Phi) is 6.00. The van der Waals surface area contributed by atoms with E-state index in [9.17, 15) is 22.8 Å². The molecule has 0 aromatic heterocycles. The number of piperidine rings is 1. The van der Waals surface area contributed by atoms with Crippen molar-refractivity contribution in [2.75, 3.05) is 25.0 Å². The Bertz CT molecular complexity index is 751. The molecule has 9 heteroatoms. The van der Waals surface area contributed by atoms with Gasteiger partial charge in [-0.05, 0) is 37.3 Å². The number of likely N-dealkylation sites (tertiary alicyclic amines) is 1. The van der Waals surface area contributed by atoms with Gasteiger partial charge >= 0.3 is 12.1 Å². The molecule has 6 nitrogen and oxygen atoms in total. The summed E-state index contributed by atoms with van der Waals surface area (Å²) < 4.78 is 45.3. The van der Waals surface area contributed by atoms with Crippen LogP contribution in [0.25, 0.3) is 0 Å². The van der Waals surface area contributed by atoms with Crippen molar-refractivity contribution in [3.05, 3.63) is 29.6 Å². The van der Waals surface area contributed by atoms with Crippen LogP contribution in [-0.4, -0.2) is 53.7 Å². The summed E-state index contributed by atoms with van der Waals surface area (Å²) in [6.45, 7) is 5.28. The van der Waals surface area contributed by atoms with Crippen molar-refractivity contribution in [3.8, 4) is 0 Å². The van der Waals surface area contributed by atoms with Crippen LogP contribution in [0.15, 0.2) is 12.1 Å². The normalized spacial score (nSPS) is 20.6. The van der Waals surface area contributed by atoms with Crippen LogP contribution >= 0.6 is 0 Å². The summed E-state index contributed by atoms with van der Waals surface area (Å²) in [6.07, 6.45) is 1.66. The smallest absolute Gasteiger partial charge is 0.410 e. The number of hydrogen-bond donors (Lipinski definition) is 1. The molecule has 2 heterocycles. The lowest BCUT2D eigenvalue weighted by Crippen LogP contribution is -2.50. The minimum atomic E-state index is -1.62. The van der Waals surface area contributed by atoms with E-state index >= 15 is 0 Å². The number of amides is 3. The van der Waals surface area contributed by atoms with Crippen LogP contribution in [0.1, 0.15) is 33.1 Å².